The second-order valence-corrected chi connectivity index (χ2v) is 3.80. The molecule has 1 aromatic heterocycles. The predicted molar refractivity (Wildman–Crippen MR) is 60.4 cm³/mol. The van der Waals surface area contributed by atoms with Crippen molar-refractivity contribution in [2.75, 3.05) is 0 Å². The molecule has 0 bridgehead atoms. The molecular formula is C12H15N3. The van der Waals surface area contributed by atoms with Crippen LogP contribution in [0.15, 0.2) is 36.5 Å². The van der Waals surface area contributed by atoms with Gasteiger partial charge in [0, 0.05) is 13.2 Å². The summed E-state index contributed by atoms with van der Waals surface area (Å²) in [4.78, 5) is 0. The molecule has 0 amide bonds. The topological polar surface area (TPSA) is 43.8 Å². The Hall–Kier alpha value is -1.61. The van der Waals surface area contributed by atoms with Gasteiger partial charge in [0.05, 0.1) is 11.7 Å². The third kappa shape index (κ3) is 2.07. The van der Waals surface area contributed by atoms with Crippen LogP contribution in [0.1, 0.15) is 22.9 Å². The molecule has 2 rings (SSSR count). The third-order valence-electron chi connectivity index (χ3n) is 2.49. The lowest BCUT2D eigenvalue weighted by Gasteiger charge is -2.09. The van der Waals surface area contributed by atoms with E-state index in [9.17, 15) is 0 Å². The number of hydrogen-bond donors (Lipinski definition) is 1. The first-order valence-electron chi connectivity index (χ1n) is 4.98. The molecule has 1 unspecified atom stereocenters. The van der Waals surface area contributed by atoms with Gasteiger partial charge in [-0.3, -0.25) is 4.68 Å². The van der Waals surface area contributed by atoms with E-state index < -0.39 is 0 Å². The highest BCUT2D eigenvalue weighted by Crippen LogP contribution is 2.17. The van der Waals surface area contributed by atoms with Gasteiger partial charge in [-0.25, -0.2) is 0 Å². The standard InChI is InChI=1S/C12H15N3/c1-9-3-5-10(6-4-9)12(13)11-7-8-15(2)14-11/h3-8,12H,13H2,1-2H3. The van der Waals surface area contributed by atoms with Crippen molar-refractivity contribution in [1.82, 2.24) is 9.78 Å². The van der Waals surface area contributed by atoms with E-state index in [1.807, 2.05) is 19.3 Å². The zero-order valence-electron chi connectivity index (χ0n) is 9.01. The summed E-state index contributed by atoms with van der Waals surface area (Å²) in [5.74, 6) is 0. The molecular weight excluding hydrogens is 186 g/mol. The largest absolute Gasteiger partial charge is 0.319 e. The van der Waals surface area contributed by atoms with Crippen LogP contribution in [0.2, 0.25) is 0 Å². The zero-order chi connectivity index (χ0) is 10.8. The minimum absolute atomic E-state index is 0.133. The minimum Gasteiger partial charge on any atom is -0.319 e. The first-order chi connectivity index (χ1) is 7.16. The van der Waals surface area contributed by atoms with Gasteiger partial charge in [-0.1, -0.05) is 29.8 Å². The van der Waals surface area contributed by atoms with Gasteiger partial charge in [0.15, 0.2) is 0 Å². The first-order valence-corrected chi connectivity index (χ1v) is 4.98. The fourth-order valence-corrected chi connectivity index (χ4v) is 1.54. The molecule has 2 N–H and O–H groups in total. The van der Waals surface area contributed by atoms with Crippen LogP contribution < -0.4 is 5.73 Å². The lowest BCUT2D eigenvalue weighted by atomic mass is 10.0. The summed E-state index contributed by atoms with van der Waals surface area (Å²) in [6.07, 6.45) is 1.91. The average Bonchev–Trinajstić information content (AvgIpc) is 2.65. The zero-order valence-corrected chi connectivity index (χ0v) is 9.01. The summed E-state index contributed by atoms with van der Waals surface area (Å²) in [7, 11) is 1.89. The van der Waals surface area contributed by atoms with Gasteiger partial charge in [-0.2, -0.15) is 5.10 Å². The normalized spacial score (nSPS) is 12.7. The SMILES string of the molecule is Cc1ccc(C(N)c2ccn(C)n2)cc1. The molecule has 0 spiro atoms. The smallest absolute Gasteiger partial charge is 0.0837 e. The molecule has 15 heavy (non-hydrogen) atoms. The average molecular weight is 201 g/mol. The summed E-state index contributed by atoms with van der Waals surface area (Å²) in [6.45, 7) is 2.07. The molecule has 3 nitrogen and oxygen atoms in total. The van der Waals surface area contributed by atoms with Crippen molar-refractivity contribution < 1.29 is 0 Å². The number of rotatable bonds is 2. The summed E-state index contributed by atoms with van der Waals surface area (Å²) in [6, 6.07) is 10.1. The van der Waals surface area contributed by atoms with Crippen LogP contribution in [0.5, 0.6) is 0 Å². The molecule has 0 radical (unpaired) electrons. The number of hydrogen-bond acceptors (Lipinski definition) is 2. The van der Waals surface area contributed by atoms with Crippen LogP contribution >= 0.6 is 0 Å². The van der Waals surface area contributed by atoms with Gasteiger partial charge in [0.2, 0.25) is 0 Å². The van der Waals surface area contributed by atoms with Crippen molar-refractivity contribution in [2.24, 2.45) is 12.8 Å². The van der Waals surface area contributed by atoms with Crippen LogP contribution in [0, 0.1) is 6.92 Å². The van der Waals surface area contributed by atoms with Gasteiger partial charge in [-0.15, -0.1) is 0 Å². The van der Waals surface area contributed by atoms with E-state index in [2.05, 4.69) is 36.3 Å². The van der Waals surface area contributed by atoms with Crippen LogP contribution in [0.4, 0.5) is 0 Å². The lowest BCUT2D eigenvalue weighted by Crippen LogP contribution is -2.12. The van der Waals surface area contributed by atoms with E-state index in [4.69, 9.17) is 5.73 Å². The number of benzene rings is 1. The van der Waals surface area contributed by atoms with Crippen molar-refractivity contribution in [2.45, 2.75) is 13.0 Å². The molecule has 0 aliphatic heterocycles. The van der Waals surface area contributed by atoms with E-state index in [-0.39, 0.29) is 6.04 Å². The van der Waals surface area contributed by atoms with Gasteiger partial charge < -0.3 is 5.73 Å². The quantitative estimate of drug-likeness (QED) is 0.804. The molecule has 0 aliphatic carbocycles. The van der Waals surface area contributed by atoms with E-state index >= 15 is 0 Å². The number of nitrogens with two attached hydrogens (primary N) is 1. The Morgan fingerprint density at radius 2 is 1.87 bits per heavy atom. The fraction of sp³-hybridized carbons (Fsp3) is 0.250. The Kier molecular flexibility index (Phi) is 2.56. The Morgan fingerprint density at radius 3 is 2.40 bits per heavy atom. The molecule has 0 aliphatic rings. The fourth-order valence-electron chi connectivity index (χ4n) is 1.54. The Bertz CT molecular complexity index is 442. The third-order valence-corrected chi connectivity index (χ3v) is 2.49. The van der Waals surface area contributed by atoms with Crippen molar-refractivity contribution in [3.63, 3.8) is 0 Å². The van der Waals surface area contributed by atoms with Crippen LogP contribution in [0.3, 0.4) is 0 Å². The van der Waals surface area contributed by atoms with Crippen LogP contribution in [0.25, 0.3) is 0 Å². The first kappa shape index (κ1) is 9.93. The summed E-state index contributed by atoms with van der Waals surface area (Å²) < 4.78 is 1.77. The van der Waals surface area contributed by atoms with Crippen LogP contribution in [-0.4, -0.2) is 9.78 Å². The molecule has 1 aromatic carbocycles. The number of aromatic nitrogens is 2. The van der Waals surface area contributed by atoms with Crippen molar-refractivity contribution in [1.29, 1.82) is 0 Å². The summed E-state index contributed by atoms with van der Waals surface area (Å²) in [5, 5.41) is 4.30. The number of nitrogens with zero attached hydrogens (tertiary/aromatic N) is 2. The van der Waals surface area contributed by atoms with Crippen molar-refractivity contribution >= 4 is 0 Å². The van der Waals surface area contributed by atoms with E-state index in [1.165, 1.54) is 5.56 Å². The predicted octanol–water partition coefficient (Wildman–Crippen LogP) is 1.78. The van der Waals surface area contributed by atoms with Crippen LogP contribution in [-0.2, 0) is 7.05 Å². The molecule has 1 atom stereocenters. The van der Waals surface area contributed by atoms with E-state index in [0.29, 0.717) is 0 Å². The van der Waals surface area contributed by atoms with Gasteiger partial charge >= 0.3 is 0 Å². The molecule has 0 saturated heterocycles. The Morgan fingerprint density at radius 1 is 1.20 bits per heavy atom. The van der Waals surface area contributed by atoms with Gasteiger partial charge in [0.1, 0.15) is 0 Å². The molecule has 0 saturated carbocycles. The van der Waals surface area contributed by atoms with Gasteiger partial charge in [0.25, 0.3) is 0 Å². The maximum absolute atomic E-state index is 6.10. The van der Waals surface area contributed by atoms with Crippen molar-refractivity contribution in [3.05, 3.63) is 53.3 Å². The summed E-state index contributed by atoms with van der Waals surface area (Å²) >= 11 is 0. The number of aryl methyl sites for hydroxylation is 2. The van der Waals surface area contributed by atoms with E-state index in [1.54, 1.807) is 4.68 Å². The lowest BCUT2D eigenvalue weighted by molar-refractivity contribution is 0.716. The highest BCUT2D eigenvalue weighted by Gasteiger charge is 2.10. The Balaban J connectivity index is 2.28. The maximum Gasteiger partial charge on any atom is 0.0837 e. The second kappa shape index (κ2) is 3.87. The van der Waals surface area contributed by atoms with E-state index in [0.717, 1.165) is 11.3 Å². The molecule has 3 heteroatoms. The summed E-state index contributed by atoms with van der Waals surface area (Å²) in [5.41, 5.74) is 9.35. The van der Waals surface area contributed by atoms with Gasteiger partial charge in [-0.05, 0) is 18.6 Å². The maximum atomic E-state index is 6.10. The minimum atomic E-state index is -0.133. The molecule has 0 fully saturated rings. The Labute approximate surface area is 89.5 Å². The van der Waals surface area contributed by atoms with Crippen molar-refractivity contribution in [3.8, 4) is 0 Å². The second-order valence-electron chi connectivity index (χ2n) is 3.80. The highest BCUT2D eigenvalue weighted by atomic mass is 15.3. The molecule has 2 aromatic rings. The molecule has 1 heterocycles. The monoisotopic (exact) mass is 201 g/mol. The highest BCUT2D eigenvalue weighted by molar-refractivity contribution is 5.29. The molecule has 78 valence electrons.